The molecule has 2 heterocycles. The molecule has 9 heteroatoms. The van der Waals surface area contributed by atoms with Gasteiger partial charge in [-0.05, 0) is 55.8 Å². The summed E-state index contributed by atoms with van der Waals surface area (Å²) in [4.78, 5) is 12.1. The summed E-state index contributed by atoms with van der Waals surface area (Å²) in [6.45, 7) is 3.73. The first-order chi connectivity index (χ1) is 15.9. The maximum Gasteiger partial charge on any atom is 0.277 e. The number of hydrogen-bond donors (Lipinski definition) is 1. The molecule has 4 rings (SSSR count). The van der Waals surface area contributed by atoms with Gasteiger partial charge in [-0.15, -0.1) is 23.5 Å². The van der Waals surface area contributed by atoms with Gasteiger partial charge in [0.15, 0.2) is 6.61 Å². The maximum atomic E-state index is 13.5. The number of nitrogens with zero attached hydrogens (tertiary/aromatic N) is 2. The van der Waals surface area contributed by atoms with Crippen molar-refractivity contribution in [3.63, 3.8) is 0 Å². The number of carbonyl (C=O) groups is 1. The number of hydrazone groups is 1. The third-order valence-corrected chi connectivity index (χ3v) is 8.56. The number of halogens is 2. The van der Waals surface area contributed by atoms with Gasteiger partial charge < -0.3 is 9.30 Å². The highest BCUT2D eigenvalue weighted by Crippen LogP contribution is 2.45. The third kappa shape index (κ3) is 5.75. The zero-order valence-corrected chi connectivity index (χ0v) is 20.6. The first-order valence-electron chi connectivity index (χ1n) is 10.3. The molecule has 33 heavy (non-hydrogen) atoms. The summed E-state index contributed by atoms with van der Waals surface area (Å²) in [5, 5.41) is 4.11. The van der Waals surface area contributed by atoms with Gasteiger partial charge in [0.05, 0.1) is 15.8 Å². The largest absolute Gasteiger partial charge is 0.484 e. The molecule has 1 aliphatic rings. The van der Waals surface area contributed by atoms with Crippen molar-refractivity contribution in [1.29, 1.82) is 0 Å². The molecule has 1 amide bonds. The van der Waals surface area contributed by atoms with Gasteiger partial charge >= 0.3 is 0 Å². The van der Waals surface area contributed by atoms with Crippen LogP contribution in [0.1, 0.15) is 27.1 Å². The molecule has 172 valence electrons. The van der Waals surface area contributed by atoms with Gasteiger partial charge in [0.25, 0.3) is 5.91 Å². The van der Waals surface area contributed by atoms with Crippen LogP contribution in [0.5, 0.6) is 5.75 Å². The van der Waals surface area contributed by atoms with Crippen molar-refractivity contribution in [2.45, 2.75) is 18.4 Å². The van der Waals surface area contributed by atoms with Gasteiger partial charge in [0.1, 0.15) is 11.6 Å². The lowest BCUT2D eigenvalue weighted by Crippen LogP contribution is -2.24. The second-order valence-corrected chi connectivity index (χ2v) is 10.6. The Bertz CT molecular complexity index is 1180. The number of ether oxygens (including phenoxy) is 1. The smallest absolute Gasteiger partial charge is 0.277 e. The summed E-state index contributed by atoms with van der Waals surface area (Å²) in [7, 11) is 0. The molecule has 0 spiro atoms. The summed E-state index contributed by atoms with van der Waals surface area (Å²) >= 11 is 9.83. The standard InChI is InChI=1S/C24H23ClFN3O2S2/c1-15-11-18(16(2)29(15)19-5-8-22(26)21(25)12-19)13-27-28-23(30)14-31-20-6-3-17(4-7-20)24-32-9-10-33-24/h3-8,11-13,24H,9-10,14H2,1-2H3,(H,28,30)/b27-13-. The first-order valence-corrected chi connectivity index (χ1v) is 12.8. The topological polar surface area (TPSA) is 55.6 Å². The van der Waals surface area contributed by atoms with Crippen LogP contribution < -0.4 is 10.2 Å². The van der Waals surface area contributed by atoms with Crippen LogP contribution in [0.3, 0.4) is 0 Å². The number of hydrogen-bond acceptors (Lipinski definition) is 5. The van der Waals surface area contributed by atoms with E-state index >= 15 is 0 Å². The Morgan fingerprint density at radius 3 is 2.64 bits per heavy atom. The van der Waals surface area contributed by atoms with Crippen molar-refractivity contribution in [2.24, 2.45) is 5.10 Å². The Morgan fingerprint density at radius 1 is 1.21 bits per heavy atom. The second-order valence-electron chi connectivity index (χ2n) is 7.48. The fourth-order valence-electron chi connectivity index (χ4n) is 3.57. The van der Waals surface area contributed by atoms with Crippen molar-refractivity contribution in [2.75, 3.05) is 18.1 Å². The summed E-state index contributed by atoms with van der Waals surface area (Å²) in [6.07, 6.45) is 1.58. The molecule has 1 aromatic heterocycles. The lowest BCUT2D eigenvalue weighted by Gasteiger charge is -2.10. The third-order valence-electron chi connectivity index (χ3n) is 5.17. The van der Waals surface area contributed by atoms with E-state index in [4.69, 9.17) is 16.3 Å². The minimum atomic E-state index is -0.461. The van der Waals surface area contributed by atoms with Crippen LogP contribution in [0.15, 0.2) is 53.6 Å². The van der Waals surface area contributed by atoms with E-state index in [1.807, 2.05) is 72.3 Å². The molecule has 1 saturated heterocycles. The monoisotopic (exact) mass is 503 g/mol. The number of amides is 1. The van der Waals surface area contributed by atoms with Crippen molar-refractivity contribution in [1.82, 2.24) is 9.99 Å². The van der Waals surface area contributed by atoms with Crippen LogP contribution in [-0.4, -0.2) is 34.8 Å². The van der Waals surface area contributed by atoms with Gasteiger partial charge in [0.2, 0.25) is 0 Å². The Kier molecular flexibility index (Phi) is 7.67. The number of benzene rings is 2. The number of rotatable bonds is 7. The van der Waals surface area contributed by atoms with E-state index in [1.54, 1.807) is 18.3 Å². The van der Waals surface area contributed by atoms with Gasteiger partial charge in [-0.25, -0.2) is 9.82 Å². The van der Waals surface area contributed by atoms with E-state index in [9.17, 15) is 9.18 Å². The van der Waals surface area contributed by atoms with Gasteiger partial charge in [-0.3, -0.25) is 4.79 Å². The number of carbonyl (C=O) groups excluding carboxylic acids is 1. The Labute approximate surface area is 205 Å². The van der Waals surface area contributed by atoms with Crippen molar-refractivity contribution >= 4 is 47.2 Å². The number of aryl methyl sites for hydroxylation is 1. The molecule has 1 fully saturated rings. The predicted octanol–water partition coefficient (Wildman–Crippen LogP) is 5.89. The Morgan fingerprint density at radius 2 is 1.94 bits per heavy atom. The molecule has 2 aromatic carbocycles. The molecular weight excluding hydrogens is 481 g/mol. The minimum absolute atomic E-state index is 0.0634. The number of nitrogens with one attached hydrogen (secondary N) is 1. The molecule has 0 unspecified atom stereocenters. The zero-order chi connectivity index (χ0) is 23.4. The summed E-state index contributed by atoms with van der Waals surface area (Å²) in [6, 6.07) is 14.4. The lowest BCUT2D eigenvalue weighted by atomic mass is 10.2. The fourth-order valence-corrected chi connectivity index (χ4v) is 6.60. The molecule has 0 radical (unpaired) electrons. The van der Waals surface area contributed by atoms with E-state index in [-0.39, 0.29) is 17.5 Å². The molecule has 5 nitrogen and oxygen atoms in total. The molecular formula is C24H23ClFN3O2S2. The normalized spacial score (nSPS) is 14.2. The average molecular weight is 504 g/mol. The average Bonchev–Trinajstić information content (AvgIpc) is 3.43. The quantitative estimate of drug-likeness (QED) is 0.322. The highest BCUT2D eigenvalue weighted by Gasteiger charge is 2.18. The van der Waals surface area contributed by atoms with Crippen molar-refractivity contribution < 1.29 is 13.9 Å². The summed E-state index contributed by atoms with van der Waals surface area (Å²) in [5.41, 5.74) is 7.16. The van der Waals surface area contributed by atoms with Gasteiger partial charge in [-0.1, -0.05) is 23.7 Å². The molecule has 0 atom stereocenters. The minimum Gasteiger partial charge on any atom is -0.484 e. The van der Waals surface area contributed by atoms with E-state index in [0.29, 0.717) is 10.3 Å². The molecule has 0 saturated carbocycles. The number of thioether (sulfide) groups is 2. The maximum absolute atomic E-state index is 13.5. The van der Waals surface area contributed by atoms with Crippen molar-refractivity contribution in [3.05, 3.63) is 81.9 Å². The van der Waals surface area contributed by atoms with Gasteiger partial charge in [0, 0.05) is 34.1 Å². The highest BCUT2D eigenvalue weighted by molar-refractivity contribution is 8.19. The number of aromatic nitrogens is 1. The van der Waals surface area contributed by atoms with Crippen LogP contribution in [0.4, 0.5) is 4.39 Å². The lowest BCUT2D eigenvalue weighted by molar-refractivity contribution is -0.123. The summed E-state index contributed by atoms with van der Waals surface area (Å²) in [5.74, 6) is 2.19. The van der Waals surface area contributed by atoms with Crippen LogP contribution >= 0.6 is 35.1 Å². The fraction of sp³-hybridized carbons (Fsp3) is 0.250. The molecule has 0 aliphatic carbocycles. The van der Waals surface area contributed by atoms with Crippen LogP contribution in [0.2, 0.25) is 5.02 Å². The van der Waals surface area contributed by atoms with Crippen molar-refractivity contribution in [3.8, 4) is 11.4 Å². The van der Waals surface area contributed by atoms with Gasteiger partial charge in [-0.2, -0.15) is 5.10 Å². The highest BCUT2D eigenvalue weighted by atomic mass is 35.5. The Balaban J connectivity index is 1.32. The summed E-state index contributed by atoms with van der Waals surface area (Å²) < 4.78 is 21.5. The van der Waals surface area contributed by atoms with E-state index in [2.05, 4.69) is 10.5 Å². The van der Waals surface area contributed by atoms with E-state index in [0.717, 1.165) is 22.6 Å². The molecule has 0 bridgehead atoms. The van der Waals surface area contributed by atoms with E-state index < -0.39 is 5.82 Å². The van der Waals surface area contributed by atoms with Crippen LogP contribution in [0, 0.1) is 19.7 Å². The van der Waals surface area contributed by atoms with Crippen LogP contribution in [0.25, 0.3) is 5.69 Å². The predicted molar refractivity (Wildman–Crippen MR) is 136 cm³/mol. The molecule has 1 N–H and O–H groups in total. The molecule has 3 aromatic rings. The molecule has 1 aliphatic heterocycles. The van der Waals surface area contributed by atoms with Crippen LogP contribution in [-0.2, 0) is 4.79 Å². The Hall–Kier alpha value is -2.42. The first kappa shape index (κ1) is 23.7. The second kappa shape index (κ2) is 10.7. The van der Waals surface area contributed by atoms with E-state index in [1.165, 1.54) is 23.1 Å². The zero-order valence-electron chi connectivity index (χ0n) is 18.2. The SMILES string of the molecule is Cc1cc(/C=N\NC(=O)COc2ccc(C3SCCS3)cc2)c(C)n1-c1ccc(F)c(Cl)c1.